The van der Waals surface area contributed by atoms with Gasteiger partial charge in [0.25, 0.3) is 0 Å². The third-order valence-corrected chi connectivity index (χ3v) is 4.03. The van der Waals surface area contributed by atoms with Gasteiger partial charge in [-0.05, 0) is 18.2 Å². The van der Waals surface area contributed by atoms with Gasteiger partial charge in [0.15, 0.2) is 0 Å². The minimum Gasteiger partial charge on any atom is -0.384 e. The van der Waals surface area contributed by atoms with Gasteiger partial charge in [-0.15, -0.1) is 0 Å². The first-order chi connectivity index (χ1) is 10.1. The molecule has 6 heteroatoms. The summed E-state index contributed by atoms with van der Waals surface area (Å²) in [5.41, 5.74) is 8.12. The van der Waals surface area contributed by atoms with Gasteiger partial charge in [0.05, 0.1) is 16.4 Å². The van der Waals surface area contributed by atoms with Crippen molar-refractivity contribution in [2.75, 3.05) is 5.73 Å². The van der Waals surface area contributed by atoms with E-state index in [1.54, 1.807) is 12.1 Å². The summed E-state index contributed by atoms with van der Waals surface area (Å²) in [6.45, 7) is 0. The summed E-state index contributed by atoms with van der Waals surface area (Å²) < 4.78 is 16.0. The Balaban J connectivity index is 2.10. The van der Waals surface area contributed by atoms with E-state index >= 15 is 0 Å². The summed E-state index contributed by atoms with van der Waals surface area (Å²) in [4.78, 5) is 0. The van der Waals surface area contributed by atoms with Crippen molar-refractivity contribution in [3.8, 4) is 16.9 Å². The molecule has 0 atom stereocenters. The predicted octanol–water partition coefficient (Wildman–Crippen LogP) is 4.68. The van der Waals surface area contributed by atoms with Gasteiger partial charge in [0.1, 0.15) is 11.6 Å². The normalized spacial score (nSPS) is 10.8. The fourth-order valence-corrected chi connectivity index (χ4v) is 2.63. The van der Waals surface area contributed by atoms with Crippen molar-refractivity contribution in [2.45, 2.75) is 0 Å². The Kier molecular flexibility index (Phi) is 3.69. The van der Waals surface area contributed by atoms with E-state index < -0.39 is 5.82 Å². The molecule has 0 saturated heterocycles. The van der Waals surface area contributed by atoms with E-state index in [4.69, 9.17) is 17.3 Å². The molecular formula is C15H10BrClFN3. The molecule has 0 fully saturated rings. The van der Waals surface area contributed by atoms with Gasteiger partial charge in [-0.2, -0.15) is 5.10 Å². The molecule has 3 nitrogen and oxygen atoms in total. The van der Waals surface area contributed by atoms with Crippen LogP contribution < -0.4 is 5.73 Å². The van der Waals surface area contributed by atoms with E-state index in [1.807, 2.05) is 24.3 Å². The third-order valence-electron chi connectivity index (χ3n) is 3.03. The number of halogens is 3. The summed E-state index contributed by atoms with van der Waals surface area (Å²) in [7, 11) is 0. The van der Waals surface area contributed by atoms with Crippen molar-refractivity contribution in [3.05, 3.63) is 63.8 Å². The molecule has 2 aromatic carbocycles. The minimum atomic E-state index is -0.508. The maximum absolute atomic E-state index is 13.6. The Hall–Kier alpha value is -1.85. The molecule has 0 spiro atoms. The van der Waals surface area contributed by atoms with Crippen LogP contribution in [0.15, 0.2) is 53.0 Å². The van der Waals surface area contributed by atoms with Crippen molar-refractivity contribution < 1.29 is 4.39 Å². The Morgan fingerprint density at radius 3 is 2.62 bits per heavy atom. The maximum Gasteiger partial charge on any atom is 0.143 e. The summed E-state index contributed by atoms with van der Waals surface area (Å²) in [5, 5.41) is 4.50. The van der Waals surface area contributed by atoms with Crippen molar-refractivity contribution in [1.29, 1.82) is 0 Å². The highest BCUT2D eigenvalue weighted by Crippen LogP contribution is 2.29. The van der Waals surface area contributed by atoms with E-state index in [0.717, 1.165) is 10.0 Å². The Labute approximate surface area is 134 Å². The molecular weight excluding hydrogens is 357 g/mol. The fraction of sp³-hybridized carbons (Fsp3) is 0. The van der Waals surface area contributed by atoms with E-state index in [-0.39, 0.29) is 5.02 Å². The fourth-order valence-electron chi connectivity index (χ4n) is 2.02. The highest BCUT2D eigenvalue weighted by atomic mass is 79.9. The lowest BCUT2D eigenvalue weighted by Crippen LogP contribution is -2.02. The first kappa shape index (κ1) is 14.1. The highest BCUT2D eigenvalue weighted by molar-refractivity contribution is 9.10. The summed E-state index contributed by atoms with van der Waals surface area (Å²) in [5.74, 6) is -0.0889. The second-order valence-corrected chi connectivity index (χ2v) is 5.71. The number of nitrogens with zero attached hydrogens (tertiary/aromatic N) is 2. The Bertz CT molecular complexity index is 816. The van der Waals surface area contributed by atoms with E-state index in [9.17, 15) is 4.39 Å². The number of benzene rings is 2. The van der Waals surface area contributed by atoms with Crippen molar-refractivity contribution in [3.63, 3.8) is 0 Å². The van der Waals surface area contributed by atoms with Gasteiger partial charge in [-0.25, -0.2) is 9.07 Å². The van der Waals surface area contributed by atoms with Crippen LogP contribution in [0.3, 0.4) is 0 Å². The smallest absolute Gasteiger partial charge is 0.143 e. The highest BCUT2D eigenvalue weighted by Gasteiger charge is 2.12. The van der Waals surface area contributed by atoms with Crippen molar-refractivity contribution >= 4 is 33.3 Å². The van der Waals surface area contributed by atoms with E-state index in [1.165, 1.54) is 16.8 Å². The van der Waals surface area contributed by atoms with Crippen LogP contribution in [-0.2, 0) is 0 Å². The number of anilines is 1. The zero-order valence-corrected chi connectivity index (χ0v) is 13.1. The van der Waals surface area contributed by atoms with Crippen molar-refractivity contribution in [1.82, 2.24) is 9.78 Å². The summed E-state index contributed by atoms with van der Waals surface area (Å²) >= 11 is 9.16. The zero-order chi connectivity index (χ0) is 15.0. The van der Waals surface area contributed by atoms with Crippen LogP contribution in [0.4, 0.5) is 10.2 Å². The van der Waals surface area contributed by atoms with Gasteiger partial charge in [0.2, 0.25) is 0 Å². The minimum absolute atomic E-state index is 0.0653. The van der Waals surface area contributed by atoms with Gasteiger partial charge in [-0.1, -0.05) is 45.7 Å². The van der Waals surface area contributed by atoms with Crippen molar-refractivity contribution in [2.24, 2.45) is 0 Å². The predicted molar refractivity (Wildman–Crippen MR) is 86.1 cm³/mol. The third kappa shape index (κ3) is 2.66. The molecule has 0 aliphatic heterocycles. The Morgan fingerprint density at radius 2 is 1.90 bits per heavy atom. The largest absolute Gasteiger partial charge is 0.384 e. The number of aromatic nitrogens is 2. The van der Waals surface area contributed by atoms with E-state index in [0.29, 0.717) is 17.2 Å². The summed E-state index contributed by atoms with van der Waals surface area (Å²) in [6.07, 6.45) is 0. The SMILES string of the molecule is Nc1cc(-c2ccccc2Br)nn1-c1ccc(Cl)c(F)c1. The monoisotopic (exact) mass is 365 g/mol. The average molecular weight is 367 g/mol. The second-order valence-electron chi connectivity index (χ2n) is 4.44. The lowest BCUT2D eigenvalue weighted by atomic mass is 10.1. The molecule has 3 rings (SSSR count). The van der Waals surface area contributed by atoms with Gasteiger partial charge < -0.3 is 5.73 Å². The van der Waals surface area contributed by atoms with Crippen LogP contribution in [0, 0.1) is 5.82 Å². The topological polar surface area (TPSA) is 43.8 Å². The zero-order valence-electron chi connectivity index (χ0n) is 10.7. The molecule has 106 valence electrons. The number of nitrogens with two attached hydrogens (primary N) is 1. The Morgan fingerprint density at radius 1 is 1.14 bits per heavy atom. The second kappa shape index (κ2) is 5.50. The molecule has 0 aliphatic rings. The van der Waals surface area contributed by atoms with Gasteiger partial charge in [-0.3, -0.25) is 0 Å². The lowest BCUT2D eigenvalue weighted by molar-refractivity contribution is 0.626. The molecule has 0 amide bonds. The van der Waals surface area contributed by atoms with Crippen LogP contribution >= 0.6 is 27.5 Å². The molecule has 1 aromatic heterocycles. The molecule has 0 saturated carbocycles. The van der Waals surface area contributed by atoms with Crippen LogP contribution in [0.1, 0.15) is 0 Å². The molecule has 0 unspecified atom stereocenters. The number of hydrogen-bond donors (Lipinski definition) is 1. The maximum atomic E-state index is 13.6. The number of hydrogen-bond acceptors (Lipinski definition) is 2. The first-order valence-corrected chi connectivity index (χ1v) is 7.29. The molecule has 2 N–H and O–H groups in total. The quantitative estimate of drug-likeness (QED) is 0.716. The average Bonchev–Trinajstić information content (AvgIpc) is 2.84. The van der Waals surface area contributed by atoms with Crippen LogP contribution in [0.25, 0.3) is 16.9 Å². The van der Waals surface area contributed by atoms with Crippen LogP contribution in [-0.4, -0.2) is 9.78 Å². The van der Waals surface area contributed by atoms with Gasteiger partial charge >= 0.3 is 0 Å². The number of rotatable bonds is 2. The van der Waals surface area contributed by atoms with Crippen LogP contribution in [0.2, 0.25) is 5.02 Å². The lowest BCUT2D eigenvalue weighted by Gasteiger charge is -2.04. The molecule has 0 bridgehead atoms. The molecule has 1 heterocycles. The standard InChI is InChI=1S/C15H10BrClFN3/c16-11-4-2-1-3-10(11)14-8-15(19)21(20-14)9-5-6-12(17)13(18)7-9/h1-8H,19H2. The number of nitrogen functional groups attached to an aromatic ring is 1. The molecule has 3 aromatic rings. The van der Waals surface area contributed by atoms with Gasteiger partial charge in [0, 0.05) is 22.2 Å². The summed E-state index contributed by atoms with van der Waals surface area (Å²) in [6, 6.07) is 13.9. The molecule has 21 heavy (non-hydrogen) atoms. The van der Waals surface area contributed by atoms with Crippen LogP contribution in [0.5, 0.6) is 0 Å². The van der Waals surface area contributed by atoms with E-state index in [2.05, 4.69) is 21.0 Å². The molecule has 0 aliphatic carbocycles. The first-order valence-electron chi connectivity index (χ1n) is 6.12. The molecule has 0 radical (unpaired) electrons.